The van der Waals surface area contributed by atoms with Gasteiger partial charge in [0.15, 0.2) is 5.82 Å². The molecule has 0 radical (unpaired) electrons. The van der Waals surface area contributed by atoms with Gasteiger partial charge in [0.1, 0.15) is 23.7 Å². The predicted octanol–water partition coefficient (Wildman–Crippen LogP) is 1.51. The molecule has 0 saturated heterocycles. The number of rotatable bonds is 5. The Kier molecular flexibility index (Phi) is 3.88. The lowest BCUT2D eigenvalue weighted by Gasteiger charge is -2.07. The number of aromatic nitrogens is 3. The molecule has 1 heterocycles. The molecule has 5 nitrogen and oxygen atoms in total. The van der Waals surface area contributed by atoms with Crippen molar-refractivity contribution in [3.63, 3.8) is 0 Å². The normalized spacial score (nSPS) is 10.3. The molecule has 0 fully saturated rings. The van der Waals surface area contributed by atoms with E-state index < -0.39 is 0 Å². The molecule has 2 rings (SSSR count). The Morgan fingerprint density at radius 1 is 1.50 bits per heavy atom. The first-order valence-electron chi connectivity index (χ1n) is 5.60. The Balaban J connectivity index is 2.06. The SMILES string of the molecule is CCn1ncnc1COc1cccc(C(N)=S)c1. The van der Waals surface area contributed by atoms with E-state index in [2.05, 4.69) is 10.1 Å². The molecule has 0 saturated carbocycles. The first-order chi connectivity index (χ1) is 8.70. The van der Waals surface area contributed by atoms with Crippen molar-refractivity contribution >= 4 is 17.2 Å². The second-order valence-electron chi connectivity index (χ2n) is 3.67. The lowest BCUT2D eigenvalue weighted by atomic mass is 10.2. The summed E-state index contributed by atoms with van der Waals surface area (Å²) >= 11 is 4.92. The van der Waals surface area contributed by atoms with Crippen LogP contribution in [0.2, 0.25) is 0 Å². The minimum absolute atomic E-state index is 0.358. The minimum Gasteiger partial charge on any atom is -0.486 e. The van der Waals surface area contributed by atoms with Crippen molar-refractivity contribution in [3.8, 4) is 5.75 Å². The Morgan fingerprint density at radius 2 is 2.33 bits per heavy atom. The molecule has 0 atom stereocenters. The fourth-order valence-corrected chi connectivity index (χ4v) is 1.68. The Labute approximate surface area is 111 Å². The summed E-state index contributed by atoms with van der Waals surface area (Å²) in [5.41, 5.74) is 6.36. The molecule has 6 heteroatoms. The van der Waals surface area contributed by atoms with E-state index in [1.165, 1.54) is 6.33 Å². The Morgan fingerprint density at radius 3 is 3.06 bits per heavy atom. The van der Waals surface area contributed by atoms with E-state index in [9.17, 15) is 0 Å². The number of benzene rings is 1. The lowest BCUT2D eigenvalue weighted by molar-refractivity contribution is 0.287. The Bertz CT molecular complexity index is 553. The van der Waals surface area contributed by atoms with E-state index in [0.717, 1.165) is 17.9 Å². The minimum atomic E-state index is 0.358. The van der Waals surface area contributed by atoms with Crippen LogP contribution in [-0.2, 0) is 13.2 Å². The first kappa shape index (κ1) is 12.5. The molecule has 0 unspecified atom stereocenters. The number of thiocarbonyl (C=S) groups is 1. The smallest absolute Gasteiger partial charge is 0.164 e. The molecule has 2 N–H and O–H groups in total. The highest BCUT2D eigenvalue weighted by Crippen LogP contribution is 2.14. The molecule has 1 aromatic carbocycles. The zero-order chi connectivity index (χ0) is 13.0. The third-order valence-corrected chi connectivity index (χ3v) is 2.72. The van der Waals surface area contributed by atoms with Crippen molar-refractivity contribution in [1.29, 1.82) is 0 Å². The van der Waals surface area contributed by atoms with Crippen LogP contribution in [0.25, 0.3) is 0 Å². The summed E-state index contributed by atoms with van der Waals surface area (Å²) in [6.07, 6.45) is 1.52. The topological polar surface area (TPSA) is 66.0 Å². The highest BCUT2D eigenvalue weighted by Gasteiger charge is 2.04. The summed E-state index contributed by atoms with van der Waals surface area (Å²) in [5.74, 6) is 1.50. The molecule has 0 aliphatic heterocycles. The number of aryl methyl sites for hydroxylation is 1. The van der Waals surface area contributed by atoms with Gasteiger partial charge in [0.05, 0.1) is 0 Å². The molecule has 0 aliphatic carbocycles. The monoisotopic (exact) mass is 262 g/mol. The van der Waals surface area contributed by atoms with Gasteiger partial charge in [-0.05, 0) is 19.1 Å². The summed E-state index contributed by atoms with van der Waals surface area (Å²) < 4.78 is 7.43. The average molecular weight is 262 g/mol. The molecule has 0 amide bonds. The quantitative estimate of drug-likeness (QED) is 0.827. The number of nitrogens with zero attached hydrogens (tertiary/aromatic N) is 3. The van der Waals surface area contributed by atoms with Crippen LogP contribution in [0.1, 0.15) is 18.3 Å². The summed E-state index contributed by atoms with van der Waals surface area (Å²) in [4.78, 5) is 4.49. The molecular formula is C12H14N4OS. The second kappa shape index (κ2) is 5.59. The van der Waals surface area contributed by atoms with Gasteiger partial charge in [-0.15, -0.1) is 0 Å². The van der Waals surface area contributed by atoms with Crippen LogP contribution in [0.15, 0.2) is 30.6 Å². The lowest BCUT2D eigenvalue weighted by Crippen LogP contribution is -2.10. The maximum atomic E-state index is 5.65. The van der Waals surface area contributed by atoms with Crippen LogP contribution in [0.4, 0.5) is 0 Å². The van der Waals surface area contributed by atoms with Gasteiger partial charge in [-0.1, -0.05) is 24.4 Å². The average Bonchev–Trinajstić information content (AvgIpc) is 2.84. The molecular weight excluding hydrogens is 248 g/mol. The zero-order valence-electron chi connectivity index (χ0n) is 10.0. The maximum Gasteiger partial charge on any atom is 0.164 e. The number of hydrogen-bond acceptors (Lipinski definition) is 4. The van der Waals surface area contributed by atoms with Crippen LogP contribution in [0.5, 0.6) is 5.75 Å². The van der Waals surface area contributed by atoms with Crippen LogP contribution >= 0.6 is 12.2 Å². The molecule has 2 aromatic rings. The van der Waals surface area contributed by atoms with Crippen LogP contribution in [-0.4, -0.2) is 19.8 Å². The third-order valence-electron chi connectivity index (χ3n) is 2.48. The van der Waals surface area contributed by atoms with Gasteiger partial charge < -0.3 is 10.5 Å². The van der Waals surface area contributed by atoms with Crippen LogP contribution in [0, 0.1) is 0 Å². The van der Waals surface area contributed by atoms with Crippen LogP contribution < -0.4 is 10.5 Å². The zero-order valence-corrected chi connectivity index (χ0v) is 10.9. The second-order valence-corrected chi connectivity index (χ2v) is 4.11. The maximum absolute atomic E-state index is 5.65. The van der Waals surface area contributed by atoms with Gasteiger partial charge in [0.25, 0.3) is 0 Å². The predicted molar refractivity (Wildman–Crippen MR) is 72.4 cm³/mol. The van der Waals surface area contributed by atoms with E-state index in [1.807, 2.05) is 31.2 Å². The van der Waals surface area contributed by atoms with E-state index in [-0.39, 0.29) is 0 Å². The van der Waals surface area contributed by atoms with Crippen molar-refractivity contribution in [2.45, 2.75) is 20.1 Å². The van der Waals surface area contributed by atoms with Gasteiger partial charge >= 0.3 is 0 Å². The van der Waals surface area contributed by atoms with E-state index in [1.54, 1.807) is 4.68 Å². The molecule has 18 heavy (non-hydrogen) atoms. The largest absolute Gasteiger partial charge is 0.486 e. The summed E-state index contributed by atoms with van der Waals surface area (Å²) in [5, 5.41) is 4.08. The summed E-state index contributed by atoms with van der Waals surface area (Å²) in [7, 11) is 0. The molecule has 1 aromatic heterocycles. The number of hydrogen-bond donors (Lipinski definition) is 1. The highest BCUT2D eigenvalue weighted by atomic mass is 32.1. The van der Waals surface area contributed by atoms with Crippen LogP contribution in [0.3, 0.4) is 0 Å². The number of nitrogens with two attached hydrogens (primary N) is 1. The van der Waals surface area contributed by atoms with Crippen molar-refractivity contribution < 1.29 is 4.74 Å². The summed E-state index contributed by atoms with van der Waals surface area (Å²) in [6, 6.07) is 7.38. The fraction of sp³-hybridized carbons (Fsp3) is 0.250. The highest BCUT2D eigenvalue weighted by molar-refractivity contribution is 7.80. The molecule has 0 spiro atoms. The molecule has 94 valence electrons. The fourth-order valence-electron chi connectivity index (χ4n) is 1.55. The van der Waals surface area contributed by atoms with Gasteiger partial charge in [-0.2, -0.15) is 5.10 Å². The van der Waals surface area contributed by atoms with E-state index in [0.29, 0.717) is 17.3 Å². The van der Waals surface area contributed by atoms with Gasteiger partial charge in [0, 0.05) is 12.1 Å². The molecule has 0 aliphatic rings. The van der Waals surface area contributed by atoms with Gasteiger partial charge in [-0.25, -0.2) is 9.67 Å². The van der Waals surface area contributed by atoms with E-state index in [4.69, 9.17) is 22.7 Å². The number of ether oxygens (including phenoxy) is 1. The molecule has 0 bridgehead atoms. The van der Waals surface area contributed by atoms with Crippen molar-refractivity contribution in [2.75, 3.05) is 0 Å². The first-order valence-corrected chi connectivity index (χ1v) is 6.01. The Hall–Kier alpha value is -1.95. The van der Waals surface area contributed by atoms with Crippen molar-refractivity contribution in [1.82, 2.24) is 14.8 Å². The van der Waals surface area contributed by atoms with Gasteiger partial charge in [0.2, 0.25) is 0 Å². The van der Waals surface area contributed by atoms with E-state index >= 15 is 0 Å². The van der Waals surface area contributed by atoms with Crippen molar-refractivity contribution in [2.24, 2.45) is 5.73 Å². The summed E-state index contributed by atoms with van der Waals surface area (Å²) in [6.45, 7) is 3.14. The standard InChI is InChI=1S/C12H14N4OS/c1-2-16-11(14-8-15-16)7-17-10-5-3-4-9(6-10)12(13)18/h3-6,8H,2,7H2,1H3,(H2,13,18). The van der Waals surface area contributed by atoms with Crippen molar-refractivity contribution in [3.05, 3.63) is 42.0 Å². The third kappa shape index (κ3) is 2.84. The van der Waals surface area contributed by atoms with Gasteiger partial charge in [-0.3, -0.25) is 0 Å².